The molecule has 0 atom stereocenters. The predicted molar refractivity (Wildman–Crippen MR) is 139 cm³/mol. The first-order valence-electron chi connectivity index (χ1n) is 13.0. The van der Waals surface area contributed by atoms with Crippen LogP contribution in [0.4, 0.5) is 0 Å². The molecule has 2 N–H and O–H groups in total. The number of unbranched alkanes of at least 4 members (excludes halogenated alkanes) is 11. The van der Waals surface area contributed by atoms with Gasteiger partial charge in [0, 0.05) is 34.2 Å². The zero-order valence-electron chi connectivity index (χ0n) is 19.7. The number of benzene rings is 2. The van der Waals surface area contributed by atoms with Crippen LogP contribution >= 0.6 is 0 Å². The summed E-state index contributed by atoms with van der Waals surface area (Å²) in [6.07, 6.45) is 23.5. The Bertz CT molecular complexity index is 969. The Labute approximate surface area is 193 Å². The second-order valence-corrected chi connectivity index (χ2v) is 9.46. The molecule has 2 nitrogen and oxygen atoms in total. The molecular formula is C30H40N2. The van der Waals surface area contributed by atoms with Crippen molar-refractivity contribution in [2.75, 3.05) is 0 Å². The topological polar surface area (TPSA) is 31.6 Å². The van der Waals surface area contributed by atoms with Gasteiger partial charge in [0.1, 0.15) is 0 Å². The lowest BCUT2D eigenvalue weighted by Crippen LogP contribution is -1.86. The van der Waals surface area contributed by atoms with E-state index in [9.17, 15) is 0 Å². The predicted octanol–water partition coefficient (Wildman–Crippen LogP) is 9.12. The van der Waals surface area contributed by atoms with Crippen molar-refractivity contribution < 1.29 is 0 Å². The summed E-state index contributed by atoms with van der Waals surface area (Å²) < 4.78 is 0. The summed E-state index contributed by atoms with van der Waals surface area (Å²) in [5.74, 6) is 0. The van der Waals surface area contributed by atoms with Gasteiger partial charge in [0.2, 0.25) is 0 Å². The standard InChI is InChI=1S/C30H40N2/c1(3-5-7-9-11-17-25-23-31-29-21-15-13-19-27(25)29)2-4-6-8-10-12-18-26-24-32-30-22-16-14-20-28(26)30/h13-16,19-24,31-32H,1-12,17-18H2. The molecule has 170 valence electrons. The van der Waals surface area contributed by atoms with Crippen LogP contribution in [-0.2, 0) is 12.8 Å². The molecule has 0 spiro atoms. The van der Waals surface area contributed by atoms with Gasteiger partial charge < -0.3 is 9.97 Å². The van der Waals surface area contributed by atoms with Crippen LogP contribution in [0.25, 0.3) is 21.8 Å². The average Bonchev–Trinajstić information content (AvgIpc) is 3.43. The fourth-order valence-electron chi connectivity index (χ4n) is 5.08. The molecule has 0 aliphatic heterocycles. The lowest BCUT2D eigenvalue weighted by Gasteiger charge is -2.04. The molecule has 0 aliphatic rings. The van der Waals surface area contributed by atoms with Crippen molar-refractivity contribution in [1.29, 1.82) is 0 Å². The summed E-state index contributed by atoms with van der Waals surface area (Å²) in [6.45, 7) is 0. The van der Waals surface area contributed by atoms with E-state index in [2.05, 4.69) is 70.9 Å². The molecule has 0 fully saturated rings. The number of fused-ring (bicyclic) bond motifs is 2. The number of aryl methyl sites for hydroxylation is 2. The van der Waals surface area contributed by atoms with Crippen LogP contribution in [0.3, 0.4) is 0 Å². The van der Waals surface area contributed by atoms with E-state index in [4.69, 9.17) is 0 Å². The van der Waals surface area contributed by atoms with Gasteiger partial charge >= 0.3 is 0 Å². The molecule has 0 unspecified atom stereocenters. The smallest absolute Gasteiger partial charge is 0.0456 e. The van der Waals surface area contributed by atoms with Gasteiger partial charge in [0.25, 0.3) is 0 Å². The van der Waals surface area contributed by atoms with Gasteiger partial charge in [0.15, 0.2) is 0 Å². The second kappa shape index (κ2) is 12.5. The van der Waals surface area contributed by atoms with Crippen molar-refractivity contribution in [3.05, 3.63) is 72.1 Å². The average molecular weight is 429 g/mol. The van der Waals surface area contributed by atoms with E-state index < -0.39 is 0 Å². The third-order valence-corrected chi connectivity index (χ3v) is 6.99. The van der Waals surface area contributed by atoms with E-state index in [1.54, 1.807) is 0 Å². The third-order valence-electron chi connectivity index (χ3n) is 6.99. The lowest BCUT2D eigenvalue weighted by molar-refractivity contribution is 0.541. The van der Waals surface area contributed by atoms with E-state index in [0.29, 0.717) is 0 Å². The van der Waals surface area contributed by atoms with Gasteiger partial charge in [-0.25, -0.2) is 0 Å². The maximum absolute atomic E-state index is 3.40. The molecule has 2 aromatic carbocycles. The van der Waals surface area contributed by atoms with E-state index in [0.717, 1.165) is 0 Å². The van der Waals surface area contributed by atoms with E-state index in [1.807, 2.05) is 0 Å². The summed E-state index contributed by atoms with van der Waals surface area (Å²) in [4.78, 5) is 6.79. The monoisotopic (exact) mass is 428 g/mol. The van der Waals surface area contributed by atoms with Crippen molar-refractivity contribution in [3.8, 4) is 0 Å². The fraction of sp³-hybridized carbons (Fsp3) is 0.467. The van der Waals surface area contributed by atoms with Gasteiger partial charge in [-0.3, -0.25) is 0 Å². The van der Waals surface area contributed by atoms with Crippen LogP contribution in [0.5, 0.6) is 0 Å². The number of hydrogen-bond acceptors (Lipinski definition) is 0. The number of rotatable bonds is 15. The van der Waals surface area contributed by atoms with Crippen molar-refractivity contribution in [1.82, 2.24) is 9.97 Å². The Hall–Kier alpha value is -2.48. The van der Waals surface area contributed by atoms with Crippen LogP contribution in [-0.4, -0.2) is 9.97 Å². The molecule has 0 saturated heterocycles. The number of nitrogens with one attached hydrogen (secondary N) is 2. The molecular weight excluding hydrogens is 388 g/mol. The van der Waals surface area contributed by atoms with Crippen LogP contribution in [0.2, 0.25) is 0 Å². The molecule has 4 rings (SSSR count). The number of aromatic nitrogens is 2. The number of hydrogen-bond donors (Lipinski definition) is 2. The maximum atomic E-state index is 3.40. The molecule has 0 saturated carbocycles. The zero-order valence-corrected chi connectivity index (χ0v) is 19.7. The molecule has 32 heavy (non-hydrogen) atoms. The minimum absolute atomic E-state index is 1.21. The van der Waals surface area contributed by atoms with Gasteiger partial charge in [0.05, 0.1) is 0 Å². The van der Waals surface area contributed by atoms with Gasteiger partial charge in [-0.2, -0.15) is 0 Å². The molecule has 2 heterocycles. The molecule has 2 heteroatoms. The molecule has 0 radical (unpaired) electrons. The summed E-state index contributed by atoms with van der Waals surface area (Å²) in [5.41, 5.74) is 5.53. The highest BCUT2D eigenvalue weighted by molar-refractivity contribution is 5.83. The van der Waals surface area contributed by atoms with Crippen LogP contribution in [0.15, 0.2) is 60.9 Å². The number of H-pyrrole nitrogens is 2. The maximum Gasteiger partial charge on any atom is 0.0456 e. The van der Waals surface area contributed by atoms with E-state index >= 15 is 0 Å². The number of aromatic amines is 2. The van der Waals surface area contributed by atoms with E-state index in [-0.39, 0.29) is 0 Å². The van der Waals surface area contributed by atoms with Gasteiger partial charge in [-0.05, 0) is 48.9 Å². The van der Waals surface area contributed by atoms with Gasteiger partial charge in [-0.1, -0.05) is 101 Å². The first-order valence-corrected chi connectivity index (χ1v) is 13.0. The molecule has 0 bridgehead atoms. The van der Waals surface area contributed by atoms with Crippen LogP contribution < -0.4 is 0 Å². The minimum Gasteiger partial charge on any atom is -0.361 e. The first-order chi connectivity index (χ1) is 15.9. The van der Waals surface area contributed by atoms with Crippen LogP contribution in [0, 0.1) is 0 Å². The highest BCUT2D eigenvalue weighted by Crippen LogP contribution is 2.21. The summed E-state index contributed by atoms with van der Waals surface area (Å²) in [7, 11) is 0. The largest absolute Gasteiger partial charge is 0.361 e. The normalized spacial score (nSPS) is 11.6. The summed E-state index contributed by atoms with van der Waals surface area (Å²) in [6, 6.07) is 17.3. The number of para-hydroxylation sites is 2. The summed E-state index contributed by atoms with van der Waals surface area (Å²) in [5, 5.41) is 2.82. The minimum atomic E-state index is 1.21. The molecule has 0 amide bonds. The quantitative estimate of drug-likeness (QED) is 0.177. The zero-order chi connectivity index (χ0) is 21.8. The third kappa shape index (κ3) is 6.51. The van der Waals surface area contributed by atoms with E-state index in [1.165, 1.54) is 123 Å². The van der Waals surface area contributed by atoms with Gasteiger partial charge in [-0.15, -0.1) is 0 Å². The lowest BCUT2D eigenvalue weighted by atomic mass is 10.0. The van der Waals surface area contributed by atoms with Crippen molar-refractivity contribution in [2.45, 2.75) is 89.9 Å². The molecule has 4 aromatic rings. The molecule has 2 aromatic heterocycles. The highest BCUT2D eigenvalue weighted by Gasteiger charge is 2.03. The second-order valence-electron chi connectivity index (χ2n) is 9.46. The Morgan fingerprint density at radius 1 is 0.406 bits per heavy atom. The Balaban J connectivity index is 0.944. The Morgan fingerprint density at radius 2 is 0.750 bits per heavy atom. The SMILES string of the molecule is c1ccc2c(CCCCCCCCCCCCCCc3c[nH]c4ccccc34)c[nH]c2c1. The summed E-state index contributed by atoms with van der Waals surface area (Å²) >= 11 is 0. The molecule has 0 aliphatic carbocycles. The fourth-order valence-corrected chi connectivity index (χ4v) is 5.08. The Morgan fingerprint density at radius 3 is 1.16 bits per heavy atom. The first kappa shape index (κ1) is 22.7. The van der Waals surface area contributed by atoms with Crippen molar-refractivity contribution in [3.63, 3.8) is 0 Å². The highest BCUT2D eigenvalue weighted by atomic mass is 14.7. The Kier molecular flexibility index (Phi) is 8.89. The van der Waals surface area contributed by atoms with Crippen LogP contribution in [0.1, 0.15) is 88.2 Å². The van der Waals surface area contributed by atoms with Crippen molar-refractivity contribution in [2.24, 2.45) is 0 Å². The van der Waals surface area contributed by atoms with Crippen molar-refractivity contribution >= 4 is 21.8 Å².